The van der Waals surface area contributed by atoms with E-state index in [1.807, 2.05) is 0 Å². The number of quaternary nitrogens is 1. The minimum atomic E-state index is -4.14. The second-order valence-corrected chi connectivity index (χ2v) is 6.94. The molecule has 0 spiro atoms. The van der Waals surface area contributed by atoms with E-state index in [0.29, 0.717) is 20.0 Å². The summed E-state index contributed by atoms with van der Waals surface area (Å²) >= 11 is 0. The normalized spacial score (nSPS) is 10.4. The zero-order valence-electron chi connectivity index (χ0n) is 9.46. The van der Waals surface area contributed by atoms with Gasteiger partial charge < -0.3 is 49.2 Å². The van der Waals surface area contributed by atoms with Crippen molar-refractivity contribution < 1.29 is 61.6 Å². The summed E-state index contributed by atoms with van der Waals surface area (Å²) in [4.78, 5) is 54.6. The fourth-order valence-electron chi connectivity index (χ4n) is 0. The van der Waals surface area contributed by atoms with Crippen LogP contribution >= 0.6 is 22.8 Å². The molecule has 0 atom stereocenters. The molecule has 109 valence electrons. The van der Waals surface area contributed by atoms with Gasteiger partial charge in [0, 0.05) is 18.6 Å². The van der Waals surface area contributed by atoms with Gasteiger partial charge in [-0.05, 0) is 20.0 Å². The van der Waals surface area contributed by atoms with Gasteiger partial charge in [-0.3, -0.25) is 0 Å². The standard InChI is InChI=1S/3CH5O3P.H3N.V/c3*1-5(2,3)4;;/h3*1H3,(H2,2,3,4);1H3;/p-5. The van der Waals surface area contributed by atoms with E-state index in [1.54, 1.807) is 0 Å². The summed E-state index contributed by atoms with van der Waals surface area (Å²) in [6.45, 7) is 1.90. The molecule has 0 saturated carbocycles. The second kappa shape index (κ2) is 12.1. The Morgan fingerprint density at radius 1 is 0.588 bits per heavy atom. The summed E-state index contributed by atoms with van der Waals surface area (Å²) in [5.41, 5.74) is 0. The van der Waals surface area contributed by atoms with Gasteiger partial charge in [-0.25, -0.2) is 0 Å². The van der Waals surface area contributed by atoms with Gasteiger partial charge in [-0.15, -0.1) is 0 Å². The maximum absolute atomic E-state index is 9.10. The van der Waals surface area contributed by atoms with Crippen molar-refractivity contribution in [3.05, 3.63) is 0 Å². The Kier molecular flexibility index (Phi) is 21.8. The van der Waals surface area contributed by atoms with Crippen LogP contribution < -0.4 is 35.5 Å². The van der Waals surface area contributed by atoms with Crippen LogP contribution in [0.5, 0.6) is 0 Å². The van der Waals surface area contributed by atoms with E-state index in [0.717, 1.165) is 0 Å². The summed E-state index contributed by atoms with van der Waals surface area (Å²) in [5.74, 6) is 0. The number of hydrogen-bond donors (Lipinski definition) is 1. The monoisotopic (exact) mass is 351 g/mol. The van der Waals surface area contributed by atoms with E-state index >= 15 is 0 Å². The first-order valence-corrected chi connectivity index (χ1v) is 8.95. The summed E-state index contributed by atoms with van der Waals surface area (Å²) in [6, 6.07) is 0. The molecule has 0 saturated heterocycles. The molecule has 0 bridgehead atoms. The molecule has 17 heavy (non-hydrogen) atoms. The van der Waals surface area contributed by atoms with Gasteiger partial charge in [0.05, 0.1) is 0 Å². The molecule has 0 unspecified atom stereocenters. The third kappa shape index (κ3) is 3860. The first kappa shape index (κ1) is 30.8. The average molecular weight is 351 g/mol. The molecule has 4 N–H and O–H groups in total. The van der Waals surface area contributed by atoms with Crippen LogP contribution in [0.25, 0.3) is 0 Å². The fraction of sp³-hybridized carbons (Fsp3) is 1.00. The Morgan fingerprint density at radius 2 is 0.588 bits per heavy atom. The van der Waals surface area contributed by atoms with E-state index in [4.69, 9.17) is 43.1 Å². The quantitative estimate of drug-likeness (QED) is 0.418. The van der Waals surface area contributed by atoms with Crippen molar-refractivity contribution in [2.75, 3.05) is 20.0 Å². The third-order valence-corrected chi connectivity index (χ3v) is 0. The number of rotatable bonds is 0. The minimum Gasteiger partial charge on any atom is -0.811 e. The largest absolute Gasteiger partial charge is 0.811 e. The first-order chi connectivity index (χ1) is 6.00. The Labute approximate surface area is 111 Å². The van der Waals surface area contributed by atoms with Gasteiger partial charge in [0.15, 0.2) is 0 Å². The van der Waals surface area contributed by atoms with E-state index in [-0.39, 0.29) is 24.7 Å². The molecule has 14 heteroatoms. The van der Waals surface area contributed by atoms with Crippen LogP contribution in [0.3, 0.4) is 0 Å². The first-order valence-electron chi connectivity index (χ1n) is 2.98. The van der Waals surface area contributed by atoms with Crippen molar-refractivity contribution in [1.82, 2.24) is 6.15 Å². The van der Waals surface area contributed by atoms with Crippen molar-refractivity contribution >= 4 is 22.8 Å². The minimum absolute atomic E-state index is 0. The molecule has 0 amide bonds. The smallest absolute Gasteiger partial charge is 0 e. The Morgan fingerprint density at radius 3 is 0.588 bits per heavy atom. The van der Waals surface area contributed by atoms with Crippen molar-refractivity contribution in [2.24, 2.45) is 0 Å². The van der Waals surface area contributed by atoms with Crippen molar-refractivity contribution in [2.45, 2.75) is 0 Å². The third-order valence-electron chi connectivity index (χ3n) is 0. The van der Waals surface area contributed by atoms with Crippen molar-refractivity contribution in [1.29, 1.82) is 0 Å². The summed E-state index contributed by atoms with van der Waals surface area (Å²) in [7, 11) is -12.4. The second-order valence-electron chi connectivity index (χ2n) is 2.31. The molecular weight excluding hydrogens is 338 g/mol. The Balaban J connectivity index is -0.0000000400. The van der Waals surface area contributed by atoms with Crippen LogP contribution in [0.2, 0.25) is 0 Å². The maximum Gasteiger partial charge on any atom is 0 e. The molecule has 0 rings (SSSR count). The molecule has 10 nitrogen and oxygen atoms in total. The summed E-state index contributed by atoms with van der Waals surface area (Å²) in [6.07, 6.45) is 0. The van der Waals surface area contributed by atoms with Crippen LogP contribution in [0, 0.1) is 0 Å². The Hall–Kier alpha value is 0.994. The Bertz CT molecular complexity index is 218. The van der Waals surface area contributed by atoms with Gasteiger partial charge in [0.2, 0.25) is 0 Å². The van der Waals surface area contributed by atoms with Crippen LogP contribution in [-0.4, -0.2) is 20.0 Å². The predicted octanol–water partition coefficient (Wildman–Crippen LogP) is -4.04. The van der Waals surface area contributed by atoms with Gasteiger partial charge in [0.1, 0.15) is 0 Å². The van der Waals surface area contributed by atoms with Gasteiger partial charge in [0.25, 0.3) is 0 Å². The average Bonchev–Trinajstić information content (AvgIpc) is 1.41. The molecule has 0 aliphatic carbocycles. The molecule has 0 aromatic heterocycles. The molecule has 0 aromatic rings. The van der Waals surface area contributed by atoms with Gasteiger partial charge in [-0.2, -0.15) is 0 Å². The van der Waals surface area contributed by atoms with Crippen LogP contribution in [0.4, 0.5) is 0 Å². The van der Waals surface area contributed by atoms with E-state index < -0.39 is 22.8 Å². The predicted molar refractivity (Wildman–Crippen MR) is 46.6 cm³/mol. The topological polar surface area (TPSA) is 226 Å². The molecule has 0 aliphatic rings. The van der Waals surface area contributed by atoms with Crippen molar-refractivity contribution in [3.63, 3.8) is 0 Å². The van der Waals surface area contributed by atoms with Crippen LogP contribution in [0.15, 0.2) is 0 Å². The molecule has 0 aliphatic heterocycles. The molecular formula is C3H13NO9P3V-5. The van der Waals surface area contributed by atoms with Crippen LogP contribution in [0.1, 0.15) is 0 Å². The van der Waals surface area contributed by atoms with Crippen LogP contribution in [-0.2, 0) is 32.3 Å². The molecule has 0 aromatic carbocycles. The summed E-state index contributed by atoms with van der Waals surface area (Å²) in [5, 5.41) is 0. The maximum atomic E-state index is 9.10. The zero-order valence-corrected chi connectivity index (χ0v) is 13.5. The number of hydrogen-bond acceptors (Lipinski definition) is 9. The zero-order chi connectivity index (χ0) is 13.5. The SMILES string of the molecule is CP(=O)([O-])[O-].CP(=O)([O-])[O-].CP(=O)([O-])[O-].[NH4+].[V]. The molecule has 0 fully saturated rings. The summed E-state index contributed by atoms with van der Waals surface area (Å²) < 4.78 is 27.3. The van der Waals surface area contributed by atoms with E-state index in [2.05, 4.69) is 0 Å². The van der Waals surface area contributed by atoms with Crippen molar-refractivity contribution in [3.8, 4) is 0 Å². The van der Waals surface area contributed by atoms with Gasteiger partial charge in [-0.1, -0.05) is 22.8 Å². The van der Waals surface area contributed by atoms with E-state index in [1.165, 1.54) is 0 Å². The molecule has 1 radical (unpaired) electrons. The fourth-order valence-corrected chi connectivity index (χ4v) is 0. The van der Waals surface area contributed by atoms with E-state index in [9.17, 15) is 0 Å². The van der Waals surface area contributed by atoms with Gasteiger partial charge >= 0.3 is 0 Å². The molecule has 0 heterocycles.